The topological polar surface area (TPSA) is 84.5 Å². The minimum absolute atomic E-state index is 0.186. The second-order valence-corrected chi connectivity index (χ2v) is 7.30. The summed E-state index contributed by atoms with van der Waals surface area (Å²) in [6.45, 7) is 3.92. The molecule has 2 rings (SSSR count). The van der Waals surface area contributed by atoms with E-state index in [0.717, 1.165) is 5.56 Å². The zero-order valence-electron chi connectivity index (χ0n) is 17.1. The van der Waals surface area contributed by atoms with Gasteiger partial charge in [0, 0.05) is 12.0 Å². The van der Waals surface area contributed by atoms with Crippen molar-refractivity contribution in [2.24, 2.45) is 5.92 Å². The fraction of sp³-hybridized carbons (Fsp3) is 0.348. The standard InChI is InChI=1S/C23H28N2O4/c1-16(2)14-20(23(28)29-3)25-22(27)19(15-17-10-6-4-7-11-17)24-21(26)18-12-8-5-9-13-18/h4-13,16,19-20H,14-15H2,1-3H3,(H,24,26)(H,25,27)/t19-,20-/m0/s1/i23+1. The maximum absolute atomic E-state index is 13.0. The molecule has 0 saturated carbocycles. The van der Waals surface area contributed by atoms with Gasteiger partial charge in [0.05, 0.1) is 7.11 Å². The van der Waals surface area contributed by atoms with Gasteiger partial charge < -0.3 is 15.4 Å². The van der Waals surface area contributed by atoms with Gasteiger partial charge in [-0.2, -0.15) is 0 Å². The highest BCUT2D eigenvalue weighted by Gasteiger charge is 2.28. The lowest BCUT2D eigenvalue weighted by Gasteiger charge is -2.23. The second kappa shape index (κ2) is 11.0. The van der Waals surface area contributed by atoms with Crippen molar-refractivity contribution in [1.82, 2.24) is 10.6 Å². The van der Waals surface area contributed by atoms with E-state index >= 15 is 0 Å². The monoisotopic (exact) mass is 397 g/mol. The predicted octanol–water partition coefficient (Wildman–Crippen LogP) is 2.73. The van der Waals surface area contributed by atoms with E-state index in [9.17, 15) is 14.4 Å². The number of hydrogen-bond donors (Lipinski definition) is 2. The largest absolute Gasteiger partial charge is 0.467 e. The fourth-order valence-electron chi connectivity index (χ4n) is 2.99. The Hall–Kier alpha value is -3.15. The molecule has 29 heavy (non-hydrogen) atoms. The Kier molecular flexibility index (Phi) is 8.40. The number of carbonyl (C=O) groups excluding carboxylic acids is 3. The van der Waals surface area contributed by atoms with E-state index in [0.29, 0.717) is 18.4 Å². The van der Waals surface area contributed by atoms with E-state index in [1.165, 1.54) is 7.11 Å². The smallest absolute Gasteiger partial charge is 0.328 e. The minimum atomic E-state index is -0.829. The van der Waals surface area contributed by atoms with Crippen molar-refractivity contribution in [3.8, 4) is 0 Å². The Bertz CT molecular complexity index is 806. The molecule has 0 aliphatic heterocycles. The molecule has 0 heterocycles. The molecular weight excluding hydrogens is 369 g/mol. The van der Waals surface area contributed by atoms with Crippen LogP contribution in [0.3, 0.4) is 0 Å². The maximum atomic E-state index is 13.0. The van der Waals surface area contributed by atoms with Gasteiger partial charge in [-0.25, -0.2) is 4.79 Å². The molecule has 154 valence electrons. The van der Waals surface area contributed by atoms with Gasteiger partial charge in [-0.15, -0.1) is 0 Å². The maximum Gasteiger partial charge on any atom is 0.328 e. The molecular formula is C23H28N2O4. The van der Waals surface area contributed by atoms with Crippen LogP contribution in [0.5, 0.6) is 0 Å². The zero-order valence-corrected chi connectivity index (χ0v) is 17.1. The lowest BCUT2D eigenvalue weighted by molar-refractivity contribution is -0.145. The number of methoxy groups -OCH3 is 1. The average molecular weight is 397 g/mol. The van der Waals surface area contributed by atoms with Gasteiger partial charge in [0.1, 0.15) is 12.1 Å². The van der Waals surface area contributed by atoms with Crippen LogP contribution in [0, 0.1) is 5.92 Å². The van der Waals surface area contributed by atoms with Crippen LogP contribution in [0.2, 0.25) is 0 Å². The first-order valence-corrected chi connectivity index (χ1v) is 9.68. The van der Waals surface area contributed by atoms with Crippen LogP contribution in [0.15, 0.2) is 60.7 Å². The Labute approximate surface area is 171 Å². The van der Waals surface area contributed by atoms with Crippen molar-refractivity contribution >= 4 is 17.8 Å². The van der Waals surface area contributed by atoms with Crippen LogP contribution in [0.25, 0.3) is 0 Å². The van der Waals surface area contributed by atoms with Gasteiger partial charge in [0.25, 0.3) is 5.91 Å². The molecule has 2 amide bonds. The first-order chi connectivity index (χ1) is 13.9. The van der Waals surface area contributed by atoms with Gasteiger partial charge in [0.15, 0.2) is 0 Å². The number of amides is 2. The van der Waals surface area contributed by atoms with Crippen LogP contribution in [-0.2, 0) is 20.7 Å². The number of hydrogen-bond acceptors (Lipinski definition) is 4. The molecule has 2 aromatic carbocycles. The quantitative estimate of drug-likeness (QED) is 0.503. The van der Waals surface area contributed by atoms with Gasteiger partial charge in [0.2, 0.25) is 5.91 Å². The SMILES string of the molecule is CO[13C](=O)[C@H](CC(C)C)NC(=O)[C@H](Cc1ccccc1)NC(=O)c1ccccc1. The third-order valence-corrected chi connectivity index (χ3v) is 4.45. The summed E-state index contributed by atoms with van der Waals surface area (Å²) in [5.74, 6) is -1.08. The Morgan fingerprint density at radius 2 is 1.45 bits per heavy atom. The van der Waals surface area contributed by atoms with Crippen molar-refractivity contribution in [3.63, 3.8) is 0 Å². The van der Waals surface area contributed by atoms with Crippen molar-refractivity contribution in [1.29, 1.82) is 0 Å². The first kappa shape index (κ1) is 22.1. The van der Waals surface area contributed by atoms with E-state index in [4.69, 9.17) is 4.74 Å². The predicted molar refractivity (Wildman–Crippen MR) is 111 cm³/mol. The number of benzene rings is 2. The van der Waals surface area contributed by atoms with Crippen LogP contribution in [0.1, 0.15) is 36.2 Å². The highest BCUT2D eigenvalue weighted by atomic mass is 16.6. The lowest BCUT2D eigenvalue weighted by atomic mass is 10.0. The number of ether oxygens (including phenoxy) is 1. The zero-order chi connectivity index (χ0) is 21.2. The molecule has 6 heteroatoms. The summed E-state index contributed by atoms with van der Waals surface area (Å²) in [5.41, 5.74) is 1.37. The molecule has 0 saturated heterocycles. The molecule has 0 unspecified atom stereocenters. The van der Waals surface area contributed by atoms with E-state index < -0.39 is 24.0 Å². The first-order valence-electron chi connectivity index (χ1n) is 9.68. The van der Waals surface area contributed by atoms with E-state index in [2.05, 4.69) is 10.6 Å². The third kappa shape index (κ3) is 7.07. The summed E-state index contributed by atoms with van der Waals surface area (Å²) < 4.78 is 4.82. The van der Waals surface area contributed by atoms with E-state index in [1.54, 1.807) is 24.3 Å². The third-order valence-electron chi connectivity index (χ3n) is 4.45. The Morgan fingerprint density at radius 3 is 2.00 bits per heavy atom. The van der Waals surface area contributed by atoms with Crippen LogP contribution < -0.4 is 10.6 Å². The molecule has 0 bridgehead atoms. The van der Waals surface area contributed by atoms with Crippen LogP contribution in [0.4, 0.5) is 0 Å². The molecule has 6 nitrogen and oxygen atoms in total. The van der Waals surface area contributed by atoms with Crippen molar-refractivity contribution in [3.05, 3.63) is 71.8 Å². The van der Waals surface area contributed by atoms with Gasteiger partial charge in [-0.1, -0.05) is 62.4 Å². The van der Waals surface area contributed by atoms with Gasteiger partial charge >= 0.3 is 5.97 Å². The summed E-state index contributed by atoms with van der Waals surface area (Å²) in [7, 11) is 1.29. The molecule has 2 aromatic rings. The number of nitrogens with one attached hydrogen (secondary N) is 2. The summed E-state index contributed by atoms with van der Waals surface area (Å²) >= 11 is 0. The Balaban J connectivity index is 2.19. The molecule has 0 aliphatic carbocycles. The molecule has 0 spiro atoms. The number of rotatable bonds is 9. The molecule has 0 radical (unpaired) electrons. The molecule has 0 fully saturated rings. The fourth-order valence-corrected chi connectivity index (χ4v) is 2.99. The average Bonchev–Trinajstić information content (AvgIpc) is 2.73. The van der Waals surface area contributed by atoms with Crippen molar-refractivity contribution in [2.45, 2.75) is 38.8 Å². The number of carbonyl (C=O) groups is 3. The van der Waals surface area contributed by atoms with E-state index in [1.807, 2.05) is 50.2 Å². The highest BCUT2D eigenvalue weighted by molar-refractivity contribution is 5.98. The minimum Gasteiger partial charge on any atom is -0.467 e. The van der Waals surface area contributed by atoms with Crippen LogP contribution >= 0.6 is 0 Å². The molecule has 0 aromatic heterocycles. The summed E-state index contributed by atoms with van der Waals surface area (Å²) in [6, 6.07) is 16.5. The van der Waals surface area contributed by atoms with Gasteiger partial charge in [-0.05, 0) is 30.0 Å². The summed E-state index contributed by atoms with van der Waals surface area (Å²) in [5, 5.41) is 5.54. The lowest BCUT2D eigenvalue weighted by Crippen LogP contribution is -2.53. The van der Waals surface area contributed by atoms with Gasteiger partial charge in [-0.3, -0.25) is 9.59 Å². The van der Waals surface area contributed by atoms with E-state index in [-0.39, 0.29) is 11.8 Å². The highest BCUT2D eigenvalue weighted by Crippen LogP contribution is 2.09. The van der Waals surface area contributed by atoms with Crippen molar-refractivity contribution < 1.29 is 19.1 Å². The number of esters is 1. The van der Waals surface area contributed by atoms with Crippen molar-refractivity contribution in [2.75, 3.05) is 7.11 Å². The molecule has 2 N–H and O–H groups in total. The van der Waals surface area contributed by atoms with Crippen LogP contribution in [-0.4, -0.2) is 37.0 Å². The molecule has 2 atom stereocenters. The summed E-state index contributed by atoms with van der Waals surface area (Å²) in [6.07, 6.45) is 0.754. The Morgan fingerprint density at radius 1 is 0.862 bits per heavy atom. The second-order valence-electron chi connectivity index (χ2n) is 7.30. The normalized spacial score (nSPS) is 12.7. The summed E-state index contributed by atoms with van der Waals surface area (Å²) in [4.78, 5) is 37.7. The molecule has 0 aliphatic rings.